The van der Waals surface area contributed by atoms with E-state index in [4.69, 9.17) is 27.4 Å². The Labute approximate surface area is 116 Å². The van der Waals surface area contributed by atoms with Gasteiger partial charge in [-0.3, -0.25) is 4.98 Å². The van der Waals surface area contributed by atoms with E-state index < -0.39 is 6.04 Å². The predicted octanol–water partition coefficient (Wildman–Crippen LogP) is 0.0940. The van der Waals surface area contributed by atoms with Crippen LogP contribution in [-0.4, -0.2) is 48.9 Å². The van der Waals surface area contributed by atoms with Crippen molar-refractivity contribution < 1.29 is 14.3 Å². The molecule has 19 heavy (non-hydrogen) atoms. The Kier molecular flexibility index (Phi) is 4.28. The van der Waals surface area contributed by atoms with Crippen molar-refractivity contribution in [2.75, 3.05) is 31.8 Å². The summed E-state index contributed by atoms with van der Waals surface area (Å²) in [4.78, 5) is 18.0. The first-order chi connectivity index (χ1) is 9.15. The molecule has 1 aliphatic rings. The average Bonchev–Trinajstić information content (AvgIpc) is 2.46. The summed E-state index contributed by atoms with van der Waals surface area (Å²) in [5, 5.41) is 0. The Morgan fingerprint density at radius 2 is 2.47 bits per heavy atom. The number of morpholine rings is 1. The van der Waals surface area contributed by atoms with Crippen molar-refractivity contribution in [2.24, 2.45) is 5.73 Å². The summed E-state index contributed by atoms with van der Waals surface area (Å²) in [6.07, 6.45) is 1.62. The molecule has 0 aromatic carbocycles. The monoisotopic (exact) mass is 281 g/mol. The van der Waals surface area contributed by atoms with Crippen LogP contribution in [0.5, 0.6) is 0 Å². The number of carbonyl (C=O) groups excluding carboxylic acids is 1. The number of esters is 1. The molecule has 0 bridgehead atoms. The molecule has 1 aromatic rings. The molecule has 1 unspecified atom stereocenters. The van der Waals surface area contributed by atoms with Crippen LogP contribution in [0, 0.1) is 0 Å². The molecule has 1 saturated heterocycles. The Bertz CT molecular complexity index is 495. The van der Waals surface area contributed by atoms with Gasteiger partial charge in [0, 0.05) is 12.7 Å². The maximum atomic E-state index is 11.8. The van der Waals surface area contributed by atoms with Gasteiger partial charge in [0.05, 0.1) is 26.0 Å². The van der Waals surface area contributed by atoms with E-state index in [0.29, 0.717) is 18.8 Å². The van der Waals surface area contributed by atoms with Crippen molar-refractivity contribution in [1.82, 2.24) is 4.98 Å². The predicted molar refractivity (Wildman–Crippen MR) is 74.1 cm³/mol. The highest BCUT2D eigenvalue weighted by Gasteiger charge is 2.32. The van der Waals surface area contributed by atoms with Gasteiger partial charge in [-0.15, -0.1) is 0 Å². The lowest BCUT2D eigenvalue weighted by molar-refractivity contribution is -0.144. The van der Waals surface area contributed by atoms with Crippen LogP contribution in [0.1, 0.15) is 5.69 Å². The summed E-state index contributed by atoms with van der Waals surface area (Å²) >= 11 is 4.99. The normalized spacial score (nSPS) is 19.0. The lowest BCUT2D eigenvalue weighted by Gasteiger charge is -2.36. The summed E-state index contributed by atoms with van der Waals surface area (Å²) in [7, 11) is 1.35. The van der Waals surface area contributed by atoms with Crippen molar-refractivity contribution in [3.8, 4) is 0 Å². The summed E-state index contributed by atoms with van der Waals surface area (Å²) in [5.41, 5.74) is 6.91. The third-order valence-electron chi connectivity index (χ3n) is 2.93. The van der Waals surface area contributed by atoms with Gasteiger partial charge in [0.2, 0.25) is 0 Å². The highest BCUT2D eigenvalue weighted by atomic mass is 32.1. The molecule has 2 heterocycles. The zero-order valence-electron chi connectivity index (χ0n) is 10.5. The van der Waals surface area contributed by atoms with Crippen molar-refractivity contribution in [3.05, 3.63) is 24.0 Å². The number of hydrogen-bond acceptors (Lipinski definition) is 6. The van der Waals surface area contributed by atoms with E-state index in [2.05, 4.69) is 4.98 Å². The van der Waals surface area contributed by atoms with Gasteiger partial charge in [-0.25, -0.2) is 4.79 Å². The summed E-state index contributed by atoms with van der Waals surface area (Å²) in [6, 6.07) is 3.11. The number of ether oxygens (including phenoxy) is 2. The molecule has 0 amide bonds. The lowest BCUT2D eigenvalue weighted by Crippen LogP contribution is -2.51. The second-order valence-corrected chi connectivity index (χ2v) is 4.48. The van der Waals surface area contributed by atoms with E-state index in [1.54, 1.807) is 12.3 Å². The van der Waals surface area contributed by atoms with Gasteiger partial charge in [-0.2, -0.15) is 0 Å². The van der Waals surface area contributed by atoms with E-state index >= 15 is 0 Å². The first-order valence-electron chi connectivity index (χ1n) is 5.82. The van der Waals surface area contributed by atoms with Gasteiger partial charge in [-0.05, 0) is 12.1 Å². The molecule has 2 N–H and O–H groups in total. The van der Waals surface area contributed by atoms with Crippen molar-refractivity contribution in [3.63, 3.8) is 0 Å². The molecule has 0 saturated carbocycles. The molecule has 6 nitrogen and oxygen atoms in total. The lowest BCUT2D eigenvalue weighted by atomic mass is 10.1. The number of aromatic nitrogens is 1. The highest BCUT2D eigenvalue weighted by Crippen LogP contribution is 2.23. The molecule has 1 atom stereocenters. The molecule has 102 valence electrons. The Hall–Kier alpha value is -1.73. The van der Waals surface area contributed by atoms with Crippen LogP contribution in [0.2, 0.25) is 0 Å². The Balaban J connectivity index is 2.37. The number of methoxy groups -OCH3 is 1. The molecule has 1 fully saturated rings. The van der Waals surface area contributed by atoms with E-state index in [0.717, 1.165) is 5.69 Å². The van der Waals surface area contributed by atoms with E-state index in [1.807, 2.05) is 11.0 Å². The first-order valence-corrected chi connectivity index (χ1v) is 6.23. The third-order valence-corrected chi connectivity index (χ3v) is 3.12. The van der Waals surface area contributed by atoms with Gasteiger partial charge in [0.25, 0.3) is 0 Å². The van der Waals surface area contributed by atoms with Gasteiger partial charge in [0.15, 0.2) is 6.04 Å². The fraction of sp³-hybridized carbons (Fsp3) is 0.417. The van der Waals surface area contributed by atoms with Crippen molar-refractivity contribution in [1.29, 1.82) is 0 Å². The highest BCUT2D eigenvalue weighted by molar-refractivity contribution is 7.80. The molecule has 0 radical (unpaired) electrons. The number of pyridine rings is 1. The number of rotatable bonds is 3. The molecule has 0 aliphatic carbocycles. The van der Waals surface area contributed by atoms with Crippen LogP contribution in [0.4, 0.5) is 5.69 Å². The molecule has 1 aliphatic heterocycles. The zero-order chi connectivity index (χ0) is 13.8. The van der Waals surface area contributed by atoms with E-state index in [9.17, 15) is 4.79 Å². The summed E-state index contributed by atoms with van der Waals surface area (Å²) in [6.45, 7) is 1.36. The maximum absolute atomic E-state index is 11.8. The molecule has 7 heteroatoms. The smallest absolute Gasteiger partial charge is 0.330 e. The number of nitrogens with two attached hydrogens (primary N) is 1. The summed E-state index contributed by atoms with van der Waals surface area (Å²) < 4.78 is 10.1. The molecule has 2 rings (SSSR count). The number of anilines is 1. The van der Waals surface area contributed by atoms with Crippen LogP contribution in [0.15, 0.2) is 18.3 Å². The number of nitrogens with zero attached hydrogens (tertiary/aromatic N) is 2. The van der Waals surface area contributed by atoms with Crippen LogP contribution in [-0.2, 0) is 14.3 Å². The van der Waals surface area contributed by atoms with Crippen molar-refractivity contribution >= 4 is 28.9 Å². The summed E-state index contributed by atoms with van der Waals surface area (Å²) in [5.74, 6) is -0.350. The zero-order valence-corrected chi connectivity index (χ0v) is 11.4. The van der Waals surface area contributed by atoms with E-state index in [1.165, 1.54) is 7.11 Å². The minimum Gasteiger partial charge on any atom is -0.467 e. The number of carbonyl (C=O) groups is 1. The van der Waals surface area contributed by atoms with Crippen LogP contribution >= 0.6 is 12.2 Å². The first kappa shape index (κ1) is 13.7. The van der Waals surface area contributed by atoms with Gasteiger partial charge < -0.3 is 20.1 Å². The van der Waals surface area contributed by atoms with Gasteiger partial charge in [0.1, 0.15) is 10.7 Å². The standard InChI is InChI=1S/C12H15N3O3S/c1-17-12(16)9-7-18-6-5-15(9)8-3-2-4-14-10(8)11(13)19/h2-4,9H,5-7H2,1H3,(H2,13,19). The Morgan fingerprint density at radius 3 is 3.16 bits per heavy atom. The topological polar surface area (TPSA) is 77.7 Å². The molecule has 0 spiro atoms. The van der Waals surface area contributed by atoms with Crippen LogP contribution in [0.25, 0.3) is 0 Å². The second-order valence-electron chi connectivity index (χ2n) is 4.04. The minimum absolute atomic E-state index is 0.200. The number of thiocarbonyl (C=S) groups is 1. The van der Waals surface area contributed by atoms with Gasteiger partial charge >= 0.3 is 5.97 Å². The third kappa shape index (κ3) is 2.82. The van der Waals surface area contributed by atoms with Crippen LogP contribution in [0.3, 0.4) is 0 Å². The molecule has 1 aromatic heterocycles. The Morgan fingerprint density at radius 1 is 1.68 bits per heavy atom. The largest absolute Gasteiger partial charge is 0.467 e. The number of hydrogen-bond donors (Lipinski definition) is 1. The second kappa shape index (κ2) is 5.94. The van der Waals surface area contributed by atoms with Crippen molar-refractivity contribution in [2.45, 2.75) is 6.04 Å². The SMILES string of the molecule is COC(=O)C1COCCN1c1cccnc1C(N)=S. The van der Waals surface area contributed by atoms with Gasteiger partial charge in [-0.1, -0.05) is 12.2 Å². The molecular formula is C12H15N3O3S. The average molecular weight is 281 g/mol. The van der Waals surface area contributed by atoms with E-state index in [-0.39, 0.29) is 17.6 Å². The minimum atomic E-state index is -0.504. The fourth-order valence-electron chi connectivity index (χ4n) is 2.04. The molecular weight excluding hydrogens is 266 g/mol. The quantitative estimate of drug-likeness (QED) is 0.621. The van der Waals surface area contributed by atoms with Crippen LogP contribution < -0.4 is 10.6 Å². The fourth-order valence-corrected chi connectivity index (χ4v) is 2.20. The maximum Gasteiger partial charge on any atom is 0.330 e.